The molecule has 1 aliphatic heterocycles. The maximum atomic E-state index is 6.46. The van der Waals surface area contributed by atoms with Crippen molar-refractivity contribution in [3.8, 4) is 0 Å². The Morgan fingerprint density at radius 1 is 1.05 bits per heavy atom. The Hall–Kier alpha value is -0.900. The Morgan fingerprint density at radius 2 is 1.71 bits per heavy atom. The highest BCUT2D eigenvalue weighted by Crippen LogP contribution is 2.35. The molecule has 116 valence electrons. The van der Waals surface area contributed by atoms with Gasteiger partial charge < -0.3 is 10.5 Å². The zero-order valence-corrected chi connectivity index (χ0v) is 13.2. The van der Waals surface area contributed by atoms with Gasteiger partial charge in [-0.1, -0.05) is 30.3 Å². The van der Waals surface area contributed by atoms with E-state index in [-0.39, 0.29) is 0 Å². The molecule has 3 nitrogen and oxygen atoms in total. The lowest BCUT2D eigenvalue weighted by molar-refractivity contribution is -0.0870. The minimum Gasteiger partial charge on any atom is -0.373 e. The van der Waals surface area contributed by atoms with Crippen LogP contribution in [0.15, 0.2) is 30.3 Å². The predicted molar refractivity (Wildman–Crippen MR) is 86.4 cm³/mol. The highest BCUT2D eigenvalue weighted by molar-refractivity contribution is 5.21. The van der Waals surface area contributed by atoms with Gasteiger partial charge in [0.2, 0.25) is 0 Å². The number of hydrogen-bond donors (Lipinski definition) is 1. The van der Waals surface area contributed by atoms with Gasteiger partial charge in [0, 0.05) is 25.2 Å². The van der Waals surface area contributed by atoms with E-state index >= 15 is 0 Å². The van der Waals surface area contributed by atoms with Crippen LogP contribution in [0.2, 0.25) is 0 Å². The van der Waals surface area contributed by atoms with E-state index in [0.29, 0.717) is 30.2 Å². The van der Waals surface area contributed by atoms with Crippen molar-refractivity contribution in [2.24, 2.45) is 5.73 Å². The van der Waals surface area contributed by atoms with Crippen LogP contribution in [0.4, 0.5) is 0 Å². The largest absolute Gasteiger partial charge is 0.373 e. The van der Waals surface area contributed by atoms with Crippen LogP contribution >= 0.6 is 0 Å². The van der Waals surface area contributed by atoms with Gasteiger partial charge in [0.1, 0.15) is 0 Å². The van der Waals surface area contributed by atoms with Crippen molar-refractivity contribution < 1.29 is 4.74 Å². The highest BCUT2D eigenvalue weighted by Gasteiger charge is 2.36. The van der Waals surface area contributed by atoms with Gasteiger partial charge in [-0.25, -0.2) is 0 Å². The third kappa shape index (κ3) is 3.47. The zero-order chi connectivity index (χ0) is 14.8. The van der Waals surface area contributed by atoms with Crippen LogP contribution in [0.3, 0.4) is 0 Å². The number of benzene rings is 1. The second kappa shape index (κ2) is 6.47. The first-order chi connectivity index (χ1) is 10.1. The molecule has 3 heteroatoms. The lowest BCUT2D eigenvalue weighted by Crippen LogP contribution is -2.57. The molecule has 0 aromatic heterocycles. The Balaban J connectivity index is 1.71. The van der Waals surface area contributed by atoms with Crippen LogP contribution in [0.5, 0.6) is 0 Å². The molecule has 5 atom stereocenters. The van der Waals surface area contributed by atoms with Gasteiger partial charge in [0.25, 0.3) is 0 Å². The summed E-state index contributed by atoms with van der Waals surface area (Å²) in [5.74, 6) is 0.657. The number of nitrogens with zero attached hydrogens (tertiary/aromatic N) is 1. The number of morpholine rings is 1. The first-order valence-electron chi connectivity index (χ1n) is 8.33. The maximum Gasteiger partial charge on any atom is 0.0678 e. The molecule has 0 spiro atoms. The van der Waals surface area contributed by atoms with Gasteiger partial charge in [-0.2, -0.15) is 0 Å². The van der Waals surface area contributed by atoms with Gasteiger partial charge >= 0.3 is 0 Å². The normalized spacial score (nSPS) is 38.3. The van der Waals surface area contributed by atoms with Gasteiger partial charge in [0.05, 0.1) is 12.2 Å². The molecule has 5 unspecified atom stereocenters. The van der Waals surface area contributed by atoms with Crippen molar-refractivity contribution in [1.82, 2.24) is 4.90 Å². The molecule has 2 fully saturated rings. The van der Waals surface area contributed by atoms with E-state index in [9.17, 15) is 0 Å². The van der Waals surface area contributed by atoms with E-state index < -0.39 is 0 Å². The zero-order valence-electron chi connectivity index (χ0n) is 13.2. The SMILES string of the molecule is CC1CN(C2CC(c3ccccc3)CCC2N)CC(C)O1. The lowest BCUT2D eigenvalue weighted by Gasteiger charge is -2.46. The van der Waals surface area contributed by atoms with Crippen molar-refractivity contribution in [3.05, 3.63) is 35.9 Å². The number of hydrogen-bond acceptors (Lipinski definition) is 3. The highest BCUT2D eigenvalue weighted by atomic mass is 16.5. The number of nitrogens with two attached hydrogens (primary N) is 1. The van der Waals surface area contributed by atoms with Crippen molar-refractivity contribution >= 4 is 0 Å². The molecule has 0 amide bonds. The fourth-order valence-electron chi connectivity index (χ4n) is 4.11. The summed E-state index contributed by atoms with van der Waals surface area (Å²) in [5, 5.41) is 0. The smallest absolute Gasteiger partial charge is 0.0678 e. The molecule has 1 aliphatic carbocycles. The molecule has 2 N–H and O–H groups in total. The molecular weight excluding hydrogens is 260 g/mol. The molecule has 3 rings (SSSR count). The van der Waals surface area contributed by atoms with Crippen LogP contribution in [-0.4, -0.2) is 42.3 Å². The van der Waals surface area contributed by atoms with E-state index in [2.05, 4.69) is 49.1 Å². The molecular formula is C18H28N2O. The van der Waals surface area contributed by atoms with Crippen LogP contribution < -0.4 is 5.73 Å². The summed E-state index contributed by atoms with van der Waals surface area (Å²) in [7, 11) is 0. The average molecular weight is 288 g/mol. The Labute approximate surface area is 128 Å². The van der Waals surface area contributed by atoms with Crippen LogP contribution in [0.25, 0.3) is 0 Å². The van der Waals surface area contributed by atoms with Crippen LogP contribution in [0.1, 0.15) is 44.6 Å². The first-order valence-corrected chi connectivity index (χ1v) is 8.33. The first kappa shape index (κ1) is 15.0. The second-order valence-corrected chi connectivity index (χ2v) is 6.86. The molecule has 0 radical (unpaired) electrons. The molecule has 1 aromatic rings. The third-order valence-electron chi connectivity index (χ3n) is 5.06. The minimum absolute atomic E-state index is 0.308. The standard InChI is InChI=1S/C18H28N2O/c1-13-11-20(12-14(2)21-13)18-10-16(8-9-17(18)19)15-6-4-3-5-7-15/h3-7,13-14,16-18H,8-12,19H2,1-2H3. The molecule has 2 aliphatic rings. The Kier molecular flexibility index (Phi) is 4.63. The van der Waals surface area contributed by atoms with E-state index in [4.69, 9.17) is 10.5 Å². The van der Waals surface area contributed by atoms with Crippen LogP contribution in [-0.2, 0) is 4.74 Å². The van der Waals surface area contributed by atoms with Gasteiger partial charge in [-0.05, 0) is 44.6 Å². The fraction of sp³-hybridized carbons (Fsp3) is 0.667. The average Bonchev–Trinajstić information content (AvgIpc) is 2.47. The minimum atomic E-state index is 0.308. The monoisotopic (exact) mass is 288 g/mol. The van der Waals surface area contributed by atoms with E-state index in [0.717, 1.165) is 19.5 Å². The maximum absolute atomic E-state index is 6.46. The summed E-state index contributed by atoms with van der Waals surface area (Å²) in [5.41, 5.74) is 7.93. The molecule has 1 saturated heterocycles. The topological polar surface area (TPSA) is 38.5 Å². The van der Waals surface area contributed by atoms with Crippen molar-refractivity contribution in [2.75, 3.05) is 13.1 Å². The van der Waals surface area contributed by atoms with Crippen molar-refractivity contribution in [1.29, 1.82) is 0 Å². The summed E-state index contributed by atoms with van der Waals surface area (Å²) >= 11 is 0. The molecule has 21 heavy (non-hydrogen) atoms. The van der Waals surface area contributed by atoms with Gasteiger partial charge in [-0.3, -0.25) is 4.90 Å². The Bertz CT molecular complexity index is 440. The summed E-state index contributed by atoms with van der Waals surface area (Å²) in [6, 6.07) is 11.7. The van der Waals surface area contributed by atoms with Gasteiger partial charge in [0.15, 0.2) is 0 Å². The van der Waals surface area contributed by atoms with Crippen LogP contribution in [0, 0.1) is 0 Å². The summed E-state index contributed by atoms with van der Waals surface area (Å²) in [6.07, 6.45) is 4.17. The molecule has 1 heterocycles. The second-order valence-electron chi connectivity index (χ2n) is 6.86. The van der Waals surface area contributed by atoms with E-state index in [1.165, 1.54) is 18.4 Å². The quantitative estimate of drug-likeness (QED) is 0.909. The Morgan fingerprint density at radius 3 is 2.38 bits per heavy atom. The van der Waals surface area contributed by atoms with Crippen molar-refractivity contribution in [3.63, 3.8) is 0 Å². The summed E-state index contributed by atoms with van der Waals surface area (Å²) in [4.78, 5) is 2.58. The fourth-order valence-corrected chi connectivity index (χ4v) is 4.11. The van der Waals surface area contributed by atoms with Crippen molar-refractivity contribution in [2.45, 2.75) is 63.3 Å². The number of rotatable bonds is 2. The molecule has 0 bridgehead atoms. The van der Waals surface area contributed by atoms with E-state index in [1.54, 1.807) is 0 Å². The summed E-state index contributed by atoms with van der Waals surface area (Å²) < 4.78 is 5.87. The molecule has 1 aromatic carbocycles. The lowest BCUT2D eigenvalue weighted by atomic mass is 9.78. The summed E-state index contributed by atoms with van der Waals surface area (Å²) in [6.45, 7) is 6.38. The third-order valence-corrected chi connectivity index (χ3v) is 5.06. The predicted octanol–water partition coefficient (Wildman–Crippen LogP) is 2.76. The molecule has 1 saturated carbocycles. The number of ether oxygens (including phenoxy) is 1. The van der Waals surface area contributed by atoms with Gasteiger partial charge in [-0.15, -0.1) is 0 Å². The van der Waals surface area contributed by atoms with E-state index in [1.807, 2.05) is 0 Å².